The highest BCUT2D eigenvalue weighted by Crippen LogP contribution is 2.26. The van der Waals surface area contributed by atoms with Gasteiger partial charge in [0.25, 0.3) is 5.91 Å². The number of hydrogen-bond donors (Lipinski definition) is 1. The van der Waals surface area contributed by atoms with Gasteiger partial charge >= 0.3 is 0 Å². The van der Waals surface area contributed by atoms with Gasteiger partial charge in [-0.2, -0.15) is 5.26 Å². The van der Waals surface area contributed by atoms with Crippen molar-refractivity contribution in [2.45, 2.75) is 13.8 Å². The molecule has 0 saturated carbocycles. The molecular formula is C26H23BrN2O3. The maximum absolute atomic E-state index is 12.5. The van der Waals surface area contributed by atoms with Gasteiger partial charge < -0.3 is 14.8 Å². The molecule has 0 unspecified atom stereocenters. The van der Waals surface area contributed by atoms with Crippen LogP contribution in [0, 0.1) is 25.2 Å². The predicted molar refractivity (Wildman–Crippen MR) is 130 cm³/mol. The summed E-state index contributed by atoms with van der Waals surface area (Å²) in [4.78, 5) is 12.5. The first-order valence-electron chi connectivity index (χ1n) is 10.1. The molecule has 0 heterocycles. The number of carbonyl (C=O) groups is 1. The molecule has 0 aliphatic rings. The Kier molecular flexibility index (Phi) is 8.07. The molecule has 0 aromatic heterocycles. The van der Waals surface area contributed by atoms with E-state index in [1.54, 1.807) is 24.3 Å². The molecule has 0 fully saturated rings. The van der Waals surface area contributed by atoms with Crippen LogP contribution in [0.15, 0.2) is 76.8 Å². The van der Waals surface area contributed by atoms with E-state index in [-0.39, 0.29) is 5.57 Å². The van der Waals surface area contributed by atoms with Crippen LogP contribution in [0.4, 0.5) is 5.69 Å². The van der Waals surface area contributed by atoms with Crippen molar-refractivity contribution in [2.75, 3.05) is 18.5 Å². The van der Waals surface area contributed by atoms with Gasteiger partial charge in [0.2, 0.25) is 0 Å². The quantitative estimate of drug-likeness (QED) is 0.236. The summed E-state index contributed by atoms with van der Waals surface area (Å²) in [6, 6.07) is 22.4. The summed E-state index contributed by atoms with van der Waals surface area (Å²) in [5.41, 5.74) is 3.49. The van der Waals surface area contributed by atoms with Crippen LogP contribution >= 0.6 is 15.9 Å². The lowest BCUT2D eigenvalue weighted by molar-refractivity contribution is -0.112. The van der Waals surface area contributed by atoms with Gasteiger partial charge in [0.05, 0.1) is 0 Å². The monoisotopic (exact) mass is 490 g/mol. The minimum absolute atomic E-state index is 0.0247. The van der Waals surface area contributed by atoms with E-state index >= 15 is 0 Å². The second-order valence-corrected chi connectivity index (χ2v) is 8.11. The minimum Gasteiger partial charge on any atom is -0.490 e. The first-order chi connectivity index (χ1) is 15.4. The number of hydrogen-bond acceptors (Lipinski definition) is 4. The van der Waals surface area contributed by atoms with Crippen molar-refractivity contribution in [1.82, 2.24) is 0 Å². The lowest BCUT2D eigenvalue weighted by atomic mass is 10.1. The molecule has 5 nitrogen and oxygen atoms in total. The maximum Gasteiger partial charge on any atom is 0.266 e. The second kappa shape index (κ2) is 11.2. The van der Waals surface area contributed by atoms with Gasteiger partial charge in [0.15, 0.2) is 0 Å². The smallest absolute Gasteiger partial charge is 0.266 e. The van der Waals surface area contributed by atoms with E-state index in [0.29, 0.717) is 30.2 Å². The Bertz CT molecular complexity index is 1150. The number of para-hydroxylation sites is 1. The van der Waals surface area contributed by atoms with Gasteiger partial charge in [-0.25, -0.2) is 0 Å². The third kappa shape index (κ3) is 6.73. The van der Waals surface area contributed by atoms with Gasteiger partial charge in [-0.15, -0.1) is 0 Å². The Labute approximate surface area is 196 Å². The molecule has 0 atom stereocenters. The minimum atomic E-state index is -0.484. The summed E-state index contributed by atoms with van der Waals surface area (Å²) in [6.07, 6.45) is 1.52. The van der Waals surface area contributed by atoms with Crippen LogP contribution in [0.2, 0.25) is 0 Å². The van der Waals surface area contributed by atoms with Crippen LogP contribution < -0.4 is 14.8 Å². The number of ether oxygens (including phenoxy) is 2. The molecule has 3 aromatic rings. The number of aryl methyl sites for hydroxylation is 2. The zero-order chi connectivity index (χ0) is 22.9. The van der Waals surface area contributed by atoms with Crippen LogP contribution in [0.5, 0.6) is 11.5 Å². The third-order valence-electron chi connectivity index (χ3n) is 4.47. The van der Waals surface area contributed by atoms with Crippen molar-refractivity contribution in [3.8, 4) is 17.6 Å². The van der Waals surface area contributed by atoms with Gasteiger partial charge in [-0.3, -0.25) is 4.79 Å². The first kappa shape index (κ1) is 23.1. The predicted octanol–water partition coefficient (Wildman–Crippen LogP) is 6.07. The highest BCUT2D eigenvalue weighted by atomic mass is 79.9. The third-order valence-corrected chi connectivity index (χ3v) is 4.97. The molecule has 0 saturated heterocycles. The fraction of sp³-hybridized carbons (Fsp3) is 0.154. The summed E-state index contributed by atoms with van der Waals surface area (Å²) in [7, 11) is 0. The average molecular weight is 491 g/mol. The van der Waals surface area contributed by atoms with Crippen LogP contribution in [-0.2, 0) is 4.79 Å². The number of amides is 1. The Morgan fingerprint density at radius 3 is 2.38 bits per heavy atom. The van der Waals surface area contributed by atoms with Gasteiger partial charge in [0, 0.05) is 15.7 Å². The van der Waals surface area contributed by atoms with E-state index in [4.69, 9.17) is 9.47 Å². The van der Waals surface area contributed by atoms with Crippen molar-refractivity contribution >= 4 is 33.6 Å². The zero-order valence-electron chi connectivity index (χ0n) is 17.9. The molecular weight excluding hydrogens is 468 g/mol. The molecule has 6 heteroatoms. The van der Waals surface area contributed by atoms with Crippen LogP contribution in [0.3, 0.4) is 0 Å². The number of carbonyl (C=O) groups excluding carboxylic acids is 1. The normalized spacial score (nSPS) is 10.9. The Balaban J connectivity index is 1.69. The van der Waals surface area contributed by atoms with Crippen molar-refractivity contribution in [1.29, 1.82) is 5.26 Å². The van der Waals surface area contributed by atoms with Crippen molar-refractivity contribution in [3.05, 3.63) is 93.5 Å². The highest BCUT2D eigenvalue weighted by molar-refractivity contribution is 9.10. The lowest BCUT2D eigenvalue weighted by Gasteiger charge is -2.12. The Morgan fingerprint density at radius 1 is 1.00 bits per heavy atom. The molecule has 1 N–H and O–H groups in total. The molecule has 0 spiro atoms. The molecule has 3 rings (SSSR count). The van der Waals surface area contributed by atoms with Crippen molar-refractivity contribution < 1.29 is 14.3 Å². The fourth-order valence-corrected chi connectivity index (χ4v) is 3.49. The van der Waals surface area contributed by atoms with Crippen LogP contribution in [-0.4, -0.2) is 19.1 Å². The van der Waals surface area contributed by atoms with E-state index in [0.717, 1.165) is 21.3 Å². The first-order valence-corrected chi connectivity index (χ1v) is 10.9. The summed E-state index contributed by atoms with van der Waals surface area (Å²) in [5, 5.41) is 12.3. The van der Waals surface area contributed by atoms with E-state index in [9.17, 15) is 10.1 Å². The number of rotatable bonds is 8. The summed E-state index contributed by atoms with van der Waals surface area (Å²) in [5.74, 6) is 0.867. The molecule has 32 heavy (non-hydrogen) atoms. The number of nitrogens with zero attached hydrogens (tertiary/aromatic N) is 1. The SMILES string of the molecule is Cc1cc(C)cc(OCCOc2ccc(Br)cc2C=C(C#N)C(=O)Nc2ccccc2)c1. The maximum atomic E-state index is 12.5. The molecule has 162 valence electrons. The van der Waals surface area contributed by atoms with E-state index in [2.05, 4.69) is 27.3 Å². The van der Waals surface area contributed by atoms with E-state index in [1.165, 1.54) is 6.08 Å². The van der Waals surface area contributed by atoms with Crippen molar-refractivity contribution in [2.24, 2.45) is 0 Å². The van der Waals surface area contributed by atoms with Crippen LogP contribution in [0.1, 0.15) is 16.7 Å². The van der Waals surface area contributed by atoms with Crippen molar-refractivity contribution in [3.63, 3.8) is 0 Å². The topological polar surface area (TPSA) is 71.3 Å². The number of nitrogens with one attached hydrogen (secondary N) is 1. The summed E-state index contributed by atoms with van der Waals surface area (Å²) in [6.45, 7) is 4.73. The van der Waals surface area contributed by atoms with Gasteiger partial charge in [0.1, 0.15) is 36.4 Å². The Hall–Kier alpha value is -3.56. The standard InChI is InChI=1S/C26H23BrN2O3/c1-18-12-19(2)14-24(13-18)31-10-11-32-25-9-8-22(27)16-20(25)15-21(17-28)26(30)29-23-6-4-3-5-7-23/h3-9,12-16H,10-11H2,1-2H3,(H,29,30). The molecule has 1 amide bonds. The average Bonchev–Trinajstić information content (AvgIpc) is 2.76. The summed E-state index contributed by atoms with van der Waals surface area (Å²) < 4.78 is 12.5. The lowest BCUT2D eigenvalue weighted by Crippen LogP contribution is -2.13. The number of benzene rings is 3. The highest BCUT2D eigenvalue weighted by Gasteiger charge is 2.12. The van der Waals surface area contributed by atoms with Crippen LogP contribution in [0.25, 0.3) is 6.08 Å². The van der Waals surface area contributed by atoms with E-state index < -0.39 is 5.91 Å². The fourth-order valence-electron chi connectivity index (χ4n) is 3.11. The van der Waals surface area contributed by atoms with E-state index in [1.807, 2.05) is 56.3 Å². The number of halogens is 1. The largest absolute Gasteiger partial charge is 0.490 e. The van der Waals surface area contributed by atoms with Gasteiger partial charge in [-0.05, 0) is 73.5 Å². The molecule has 0 aliphatic carbocycles. The second-order valence-electron chi connectivity index (χ2n) is 7.19. The van der Waals surface area contributed by atoms with Gasteiger partial charge in [-0.1, -0.05) is 40.2 Å². The number of anilines is 1. The molecule has 0 bridgehead atoms. The summed E-state index contributed by atoms with van der Waals surface area (Å²) >= 11 is 3.43. The molecule has 0 aliphatic heterocycles. The molecule has 0 radical (unpaired) electrons. The number of nitriles is 1. The zero-order valence-corrected chi connectivity index (χ0v) is 19.5. The molecule has 3 aromatic carbocycles. The Morgan fingerprint density at radius 2 is 1.69 bits per heavy atom.